The van der Waals surface area contributed by atoms with Crippen LogP contribution in [0.5, 0.6) is 5.75 Å². The predicted octanol–water partition coefficient (Wildman–Crippen LogP) is 3.86. The van der Waals surface area contributed by atoms with E-state index in [2.05, 4.69) is 4.90 Å². The molecule has 1 aliphatic rings. The molecule has 2 nitrogen and oxygen atoms in total. The van der Waals surface area contributed by atoms with Crippen molar-refractivity contribution in [2.24, 2.45) is 0 Å². The van der Waals surface area contributed by atoms with Crippen molar-refractivity contribution in [1.82, 2.24) is 4.90 Å². The molecular formula is C13H17Cl2NO. The standard InChI is InChI=1S/C13H17Cl2NO/c14-11-5-4-6-12(15)13(11)17-10-9-16-7-2-1-3-8-16/h4-6H,1-3,7-10H2. The van der Waals surface area contributed by atoms with E-state index in [1.54, 1.807) is 12.1 Å². The first-order valence-corrected chi connectivity index (χ1v) is 6.82. The van der Waals surface area contributed by atoms with Crippen molar-refractivity contribution in [3.63, 3.8) is 0 Å². The van der Waals surface area contributed by atoms with Crippen molar-refractivity contribution in [2.75, 3.05) is 26.2 Å². The number of rotatable bonds is 4. The fourth-order valence-electron chi connectivity index (χ4n) is 2.08. The molecule has 0 unspecified atom stereocenters. The molecule has 0 amide bonds. The van der Waals surface area contributed by atoms with Gasteiger partial charge in [0.25, 0.3) is 0 Å². The van der Waals surface area contributed by atoms with E-state index in [1.807, 2.05) is 6.07 Å². The topological polar surface area (TPSA) is 12.5 Å². The van der Waals surface area contributed by atoms with Crippen LogP contribution in [0.4, 0.5) is 0 Å². The zero-order chi connectivity index (χ0) is 12.1. The van der Waals surface area contributed by atoms with Gasteiger partial charge in [-0.15, -0.1) is 0 Å². The van der Waals surface area contributed by atoms with Gasteiger partial charge in [-0.3, -0.25) is 4.90 Å². The number of benzene rings is 1. The lowest BCUT2D eigenvalue weighted by Crippen LogP contribution is -2.33. The molecule has 0 N–H and O–H groups in total. The molecule has 1 saturated heterocycles. The van der Waals surface area contributed by atoms with E-state index in [0.717, 1.165) is 6.54 Å². The molecule has 17 heavy (non-hydrogen) atoms. The Balaban J connectivity index is 1.81. The Morgan fingerprint density at radius 2 is 1.71 bits per heavy atom. The van der Waals surface area contributed by atoms with Gasteiger partial charge in [-0.1, -0.05) is 35.7 Å². The number of hydrogen-bond acceptors (Lipinski definition) is 2. The zero-order valence-corrected chi connectivity index (χ0v) is 11.3. The molecular weight excluding hydrogens is 257 g/mol. The summed E-state index contributed by atoms with van der Waals surface area (Å²) in [5.74, 6) is 0.604. The Bertz CT molecular complexity index is 344. The minimum absolute atomic E-state index is 0.580. The molecule has 0 bridgehead atoms. The molecule has 1 aromatic rings. The summed E-state index contributed by atoms with van der Waals surface area (Å²) in [4.78, 5) is 2.42. The molecule has 0 atom stereocenters. The molecule has 1 aliphatic heterocycles. The smallest absolute Gasteiger partial charge is 0.156 e. The van der Waals surface area contributed by atoms with Crippen molar-refractivity contribution in [1.29, 1.82) is 0 Å². The van der Waals surface area contributed by atoms with Gasteiger partial charge in [0, 0.05) is 6.54 Å². The van der Waals surface area contributed by atoms with Gasteiger partial charge in [-0.2, -0.15) is 0 Å². The number of halogens is 2. The first-order valence-electron chi connectivity index (χ1n) is 6.06. The Hall–Kier alpha value is -0.440. The highest BCUT2D eigenvalue weighted by Crippen LogP contribution is 2.32. The summed E-state index contributed by atoms with van der Waals surface area (Å²) in [7, 11) is 0. The number of nitrogens with zero attached hydrogens (tertiary/aromatic N) is 1. The Morgan fingerprint density at radius 1 is 1.06 bits per heavy atom. The maximum absolute atomic E-state index is 6.03. The van der Waals surface area contributed by atoms with Crippen LogP contribution in [-0.2, 0) is 0 Å². The van der Waals surface area contributed by atoms with Crippen molar-refractivity contribution in [2.45, 2.75) is 19.3 Å². The maximum Gasteiger partial charge on any atom is 0.156 e. The zero-order valence-electron chi connectivity index (χ0n) is 9.79. The molecule has 1 fully saturated rings. The minimum Gasteiger partial charge on any atom is -0.489 e. The highest BCUT2D eigenvalue weighted by atomic mass is 35.5. The molecule has 0 radical (unpaired) electrons. The van der Waals surface area contributed by atoms with Crippen molar-refractivity contribution >= 4 is 23.2 Å². The first kappa shape index (κ1) is 13.0. The van der Waals surface area contributed by atoms with Crippen LogP contribution in [0, 0.1) is 0 Å². The van der Waals surface area contributed by atoms with Crippen LogP contribution in [0.2, 0.25) is 10.0 Å². The Labute approximate surface area is 112 Å². The van der Waals surface area contributed by atoms with Crippen LogP contribution in [-0.4, -0.2) is 31.1 Å². The van der Waals surface area contributed by atoms with Gasteiger partial charge in [0.2, 0.25) is 0 Å². The second-order valence-electron chi connectivity index (χ2n) is 4.30. The number of hydrogen-bond donors (Lipinski definition) is 0. The van der Waals surface area contributed by atoms with Crippen molar-refractivity contribution in [3.8, 4) is 5.75 Å². The molecule has 1 aromatic carbocycles. The number of para-hydroxylation sites is 1. The van der Waals surface area contributed by atoms with Crippen LogP contribution in [0.1, 0.15) is 19.3 Å². The van der Waals surface area contributed by atoms with Gasteiger partial charge in [0.15, 0.2) is 5.75 Å². The van der Waals surface area contributed by atoms with Gasteiger partial charge in [0.1, 0.15) is 6.61 Å². The van der Waals surface area contributed by atoms with Crippen LogP contribution >= 0.6 is 23.2 Å². The van der Waals surface area contributed by atoms with Gasteiger partial charge in [-0.05, 0) is 38.1 Å². The van der Waals surface area contributed by atoms with Crippen LogP contribution in [0.15, 0.2) is 18.2 Å². The highest BCUT2D eigenvalue weighted by molar-refractivity contribution is 6.37. The van der Waals surface area contributed by atoms with E-state index >= 15 is 0 Å². The summed E-state index contributed by atoms with van der Waals surface area (Å²) in [5, 5.41) is 1.16. The van der Waals surface area contributed by atoms with Gasteiger partial charge < -0.3 is 4.74 Å². The maximum atomic E-state index is 6.03. The summed E-state index contributed by atoms with van der Waals surface area (Å²) < 4.78 is 5.66. The van der Waals surface area contributed by atoms with Gasteiger partial charge in [-0.25, -0.2) is 0 Å². The van der Waals surface area contributed by atoms with E-state index in [0.29, 0.717) is 22.4 Å². The predicted molar refractivity (Wildman–Crippen MR) is 72.2 cm³/mol. The number of likely N-dealkylation sites (tertiary alicyclic amines) is 1. The van der Waals surface area contributed by atoms with Crippen LogP contribution < -0.4 is 4.74 Å². The van der Waals surface area contributed by atoms with E-state index in [9.17, 15) is 0 Å². The van der Waals surface area contributed by atoms with E-state index in [1.165, 1.54) is 32.4 Å². The summed E-state index contributed by atoms with van der Waals surface area (Å²) in [5.41, 5.74) is 0. The minimum atomic E-state index is 0.580. The molecule has 2 rings (SSSR count). The molecule has 1 heterocycles. The monoisotopic (exact) mass is 273 g/mol. The average molecular weight is 274 g/mol. The molecule has 0 aromatic heterocycles. The SMILES string of the molecule is Clc1cccc(Cl)c1OCCN1CCCCC1. The quantitative estimate of drug-likeness (QED) is 0.826. The largest absolute Gasteiger partial charge is 0.489 e. The lowest BCUT2D eigenvalue weighted by atomic mass is 10.1. The first-order chi connectivity index (χ1) is 8.27. The fraction of sp³-hybridized carbons (Fsp3) is 0.538. The van der Waals surface area contributed by atoms with E-state index < -0.39 is 0 Å². The van der Waals surface area contributed by atoms with E-state index in [4.69, 9.17) is 27.9 Å². The molecule has 94 valence electrons. The third kappa shape index (κ3) is 3.77. The van der Waals surface area contributed by atoms with Gasteiger partial charge >= 0.3 is 0 Å². The fourth-order valence-corrected chi connectivity index (χ4v) is 2.59. The van der Waals surface area contributed by atoms with Crippen molar-refractivity contribution in [3.05, 3.63) is 28.2 Å². The highest BCUT2D eigenvalue weighted by Gasteiger charge is 2.11. The number of piperidine rings is 1. The Kier molecular flexibility index (Phi) is 4.96. The average Bonchev–Trinajstić information content (AvgIpc) is 2.34. The summed E-state index contributed by atoms with van der Waals surface area (Å²) in [6.07, 6.45) is 3.95. The van der Waals surface area contributed by atoms with Gasteiger partial charge in [0.05, 0.1) is 10.0 Å². The van der Waals surface area contributed by atoms with Crippen molar-refractivity contribution < 1.29 is 4.74 Å². The molecule has 4 heteroatoms. The second-order valence-corrected chi connectivity index (χ2v) is 5.12. The lowest BCUT2D eigenvalue weighted by molar-refractivity contribution is 0.183. The second kappa shape index (κ2) is 6.48. The molecule has 0 saturated carbocycles. The van der Waals surface area contributed by atoms with Crippen LogP contribution in [0.3, 0.4) is 0 Å². The Morgan fingerprint density at radius 3 is 2.35 bits per heavy atom. The third-order valence-corrected chi connectivity index (χ3v) is 3.62. The molecule has 0 spiro atoms. The third-order valence-electron chi connectivity index (χ3n) is 3.02. The number of ether oxygens (including phenoxy) is 1. The molecule has 0 aliphatic carbocycles. The normalized spacial score (nSPS) is 17.1. The van der Waals surface area contributed by atoms with E-state index in [-0.39, 0.29) is 0 Å². The summed E-state index contributed by atoms with van der Waals surface area (Å²) in [6, 6.07) is 5.41. The summed E-state index contributed by atoms with van der Waals surface area (Å²) in [6.45, 7) is 3.95. The van der Waals surface area contributed by atoms with Crippen LogP contribution in [0.25, 0.3) is 0 Å². The lowest BCUT2D eigenvalue weighted by Gasteiger charge is -2.26. The summed E-state index contributed by atoms with van der Waals surface area (Å²) >= 11 is 12.1.